The van der Waals surface area contributed by atoms with Gasteiger partial charge in [0, 0.05) is 24.6 Å². The Hall–Kier alpha value is -0.440. The van der Waals surface area contributed by atoms with Crippen molar-refractivity contribution in [3.8, 4) is 0 Å². The maximum atomic E-state index is 10.9. The summed E-state index contributed by atoms with van der Waals surface area (Å²) < 4.78 is 9.61. The molecule has 0 saturated carbocycles. The average molecular weight is 322 g/mol. The number of rotatable bonds is 4. The lowest BCUT2D eigenvalue weighted by molar-refractivity contribution is -0.143. The second-order valence-corrected chi connectivity index (χ2v) is 6.34. The van der Waals surface area contributed by atoms with Crippen LogP contribution in [0.4, 0.5) is 0 Å². The third-order valence-corrected chi connectivity index (χ3v) is 4.70. The molecule has 0 radical (unpaired) electrons. The Morgan fingerprint density at radius 2 is 1.35 bits per heavy atom. The molecule has 0 aliphatic carbocycles. The van der Waals surface area contributed by atoms with Crippen LogP contribution in [-0.4, -0.2) is 60.5 Å². The first-order chi connectivity index (χ1) is 9.69. The molecule has 6 nitrogen and oxygen atoms in total. The molecule has 2 heterocycles. The molecule has 20 heavy (non-hydrogen) atoms. The van der Waals surface area contributed by atoms with E-state index in [-0.39, 0.29) is 22.7 Å². The summed E-state index contributed by atoms with van der Waals surface area (Å²) in [5.41, 5.74) is 0. The van der Waals surface area contributed by atoms with E-state index in [0.29, 0.717) is 13.2 Å². The molecule has 2 fully saturated rings. The molecule has 116 valence electrons. The normalized spacial score (nSPS) is 24.7. The first kappa shape index (κ1) is 17.6. The van der Waals surface area contributed by atoms with Crippen LogP contribution >= 0.6 is 23.5 Å². The van der Waals surface area contributed by atoms with Crippen molar-refractivity contribution in [1.82, 2.24) is 10.6 Å². The molecule has 8 heteroatoms. The Labute approximate surface area is 128 Å². The molecule has 0 bridgehead atoms. The van der Waals surface area contributed by atoms with Gasteiger partial charge in [0.25, 0.3) is 0 Å². The second kappa shape index (κ2) is 10.3. The van der Waals surface area contributed by atoms with Crippen LogP contribution in [-0.2, 0) is 19.1 Å². The highest BCUT2D eigenvalue weighted by atomic mass is 32.2. The van der Waals surface area contributed by atoms with E-state index < -0.39 is 0 Å². The third-order valence-electron chi connectivity index (χ3n) is 2.43. The number of hydrogen-bond donors (Lipinski definition) is 2. The highest BCUT2D eigenvalue weighted by Crippen LogP contribution is 2.15. The van der Waals surface area contributed by atoms with E-state index in [0.717, 1.165) is 24.6 Å². The van der Waals surface area contributed by atoms with Gasteiger partial charge in [-0.05, 0) is 13.8 Å². The van der Waals surface area contributed by atoms with Crippen LogP contribution in [0, 0.1) is 0 Å². The summed E-state index contributed by atoms with van der Waals surface area (Å²) in [6.07, 6.45) is 0. The lowest BCUT2D eigenvalue weighted by Crippen LogP contribution is -2.30. The highest BCUT2D eigenvalue weighted by Gasteiger charge is 2.23. The Balaban J connectivity index is 0.000000200. The molecule has 0 spiro atoms. The van der Waals surface area contributed by atoms with E-state index in [1.165, 1.54) is 0 Å². The molecule has 2 aliphatic rings. The van der Waals surface area contributed by atoms with Crippen molar-refractivity contribution in [2.24, 2.45) is 0 Å². The zero-order valence-electron chi connectivity index (χ0n) is 11.8. The summed E-state index contributed by atoms with van der Waals surface area (Å²) in [7, 11) is 0. The van der Waals surface area contributed by atoms with E-state index >= 15 is 0 Å². The van der Waals surface area contributed by atoms with E-state index in [1.54, 1.807) is 23.5 Å². The number of hydrogen-bond acceptors (Lipinski definition) is 8. The van der Waals surface area contributed by atoms with Gasteiger partial charge < -0.3 is 9.47 Å². The minimum atomic E-state index is -0.134. The maximum absolute atomic E-state index is 10.9. The topological polar surface area (TPSA) is 76.7 Å². The second-order valence-electron chi connectivity index (χ2n) is 3.91. The Kier molecular flexibility index (Phi) is 9.08. The van der Waals surface area contributed by atoms with Gasteiger partial charge in [-0.2, -0.15) is 0 Å². The smallest absolute Gasteiger partial charge is 0.333 e. The molecule has 2 saturated heterocycles. The number of carbonyl (C=O) groups excluding carboxylic acids is 2. The van der Waals surface area contributed by atoms with Crippen LogP contribution in [0.25, 0.3) is 0 Å². The third kappa shape index (κ3) is 6.34. The largest absolute Gasteiger partial charge is 0.464 e. The van der Waals surface area contributed by atoms with Gasteiger partial charge in [0.05, 0.1) is 13.2 Å². The van der Waals surface area contributed by atoms with Crippen molar-refractivity contribution in [3.63, 3.8) is 0 Å². The van der Waals surface area contributed by atoms with E-state index in [4.69, 9.17) is 9.47 Å². The van der Waals surface area contributed by atoms with Gasteiger partial charge in [0.2, 0.25) is 0 Å². The molecular weight excluding hydrogens is 300 g/mol. The van der Waals surface area contributed by atoms with Crippen molar-refractivity contribution < 1.29 is 19.1 Å². The van der Waals surface area contributed by atoms with Gasteiger partial charge in [0.1, 0.15) is 0 Å². The first-order valence-electron chi connectivity index (χ1n) is 6.72. The van der Waals surface area contributed by atoms with Crippen LogP contribution in [0.1, 0.15) is 13.8 Å². The molecule has 2 aliphatic heterocycles. The molecular formula is C12H22N2O4S2. The first-order valence-corrected chi connectivity index (χ1v) is 8.82. The van der Waals surface area contributed by atoms with Gasteiger partial charge in [-0.1, -0.05) is 0 Å². The predicted molar refractivity (Wildman–Crippen MR) is 81.8 cm³/mol. The molecule has 0 aromatic carbocycles. The van der Waals surface area contributed by atoms with Crippen molar-refractivity contribution in [1.29, 1.82) is 0 Å². The number of esters is 2. The van der Waals surface area contributed by atoms with Gasteiger partial charge >= 0.3 is 11.9 Å². The standard InChI is InChI=1S/2C6H11NO2S/c2*1-2-9-6(8)5-7-3-4-10-5/h2*5,7H,2-4H2,1H3/t5-;/m0./s1. The number of nitrogens with one attached hydrogen (secondary N) is 2. The van der Waals surface area contributed by atoms with Crippen molar-refractivity contribution >= 4 is 35.5 Å². The lowest BCUT2D eigenvalue weighted by Gasteiger charge is -2.06. The SMILES string of the molecule is CCOC(=O)C1NCCS1.CCOC(=O)[C@H]1NCCS1. The fraction of sp³-hybridized carbons (Fsp3) is 0.833. The van der Waals surface area contributed by atoms with Gasteiger partial charge in [-0.25, -0.2) is 9.59 Å². The van der Waals surface area contributed by atoms with Gasteiger partial charge in [-0.15, -0.1) is 23.5 Å². The van der Waals surface area contributed by atoms with Crippen LogP contribution in [0.2, 0.25) is 0 Å². The van der Waals surface area contributed by atoms with Crippen molar-refractivity contribution in [2.45, 2.75) is 24.6 Å². The van der Waals surface area contributed by atoms with Gasteiger partial charge in [0.15, 0.2) is 10.7 Å². The number of ether oxygens (including phenoxy) is 2. The quantitative estimate of drug-likeness (QED) is 0.722. The summed E-state index contributed by atoms with van der Waals surface area (Å²) in [4.78, 5) is 21.9. The molecule has 0 aromatic rings. The highest BCUT2D eigenvalue weighted by molar-refractivity contribution is 8.01. The fourth-order valence-corrected chi connectivity index (χ4v) is 3.41. The molecule has 1 unspecified atom stereocenters. The monoisotopic (exact) mass is 322 g/mol. The summed E-state index contributed by atoms with van der Waals surface area (Å²) in [5, 5.41) is 5.84. The Morgan fingerprint density at radius 1 is 0.950 bits per heavy atom. The van der Waals surface area contributed by atoms with E-state index in [2.05, 4.69) is 10.6 Å². The Bertz CT molecular complexity index is 276. The Morgan fingerprint density at radius 3 is 1.60 bits per heavy atom. The predicted octanol–water partition coefficient (Wildman–Crippen LogP) is 0.424. The summed E-state index contributed by atoms with van der Waals surface area (Å²) in [5.74, 6) is 1.74. The van der Waals surface area contributed by atoms with E-state index in [1.807, 2.05) is 13.8 Å². The minimum absolute atomic E-state index is 0.111. The van der Waals surface area contributed by atoms with E-state index in [9.17, 15) is 9.59 Å². The van der Waals surface area contributed by atoms with Crippen molar-refractivity contribution in [3.05, 3.63) is 0 Å². The summed E-state index contributed by atoms with van der Waals surface area (Å²) in [6, 6.07) is 0. The zero-order valence-corrected chi connectivity index (χ0v) is 13.5. The molecule has 0 amide bonds. The zero-order chi connectivity index (χ0) is 14.8. The molecule has 2 rings (SSSR count). The van der Waals surface area contributed by atoms with Crippen LogP contribution < -0.4 is 10.6 Å². The van der Waals surface area contributed by atoms with Crippen LogP contribution in [0.15, 0.2) is 0 Å². The van der Waals surface area contributed by atoms with Crippen molar-refractivity contribution in [2.75, 3.05) is 37.8 Å². The molecule has 2 N–H and O–H groups in total. The summed E-state index contributed by atoms with van der Waals surface area (Å²) >= 11 is 3.21. The number of thioether (sulfide) groups is 2. The number of carbonyl (C=O) groups is 2. The van der Waals surface area contributed by atoms with Crippen LogP contribution in [0.3, 0.4) is 0 Å². The minimum Gasteiger partial charge on any atom is -0.464 e. The molecule has 2 atom stereocenters. The summed E-state index contributed by atoms with van der Waals surface area (Å²) in [6.45, 7) is 6.40. The average Bonchev–Trinajstić information content (AvgIpc) is 3.14. The fourth-order valence-electron chi connectivity index (χ4n) is 1.59. The maximum Gasteiger partial charge on any atom is 0.333 e. The lowest BCUT2D eigenvalue weighted by atomic mass is 10.6. The van der Waals surface area contributed by atoms with Gasteiger partial charge in [-0.3, -0.25) is 10.6 Å². The van der Waals surface area contributed by atoms with Crippen LogP contribution in [0.5, 0.6) is 0 Å². The molecule has 0 aromatic heterocycles.